The van der Waals surface area contributed by atoms with Gasteiger partial charge in [0.05, 0.1) is 10.6 Å². The summed E-state index contributed by atoms with van der Waals surface area (Å²) in [5.74, 6) is 0.0252. The van der Waals surface area contributed by atoms with Crippen molar-refractivity contribution < 1.29 is 8.42 Å². The molecular formula is C24H19BrN6O2S2. The van der Waals surface area contributed by atoms with Gasteiger partial charge in [0, 0.05) is 38.7 Å². The molecule has 0 radical (unpaired) electrons. The minimum absolute atomic E-state index is 0.0252. The Balaban J connectivity index is 1.47. The molecule has 11 heteroatoms. The molecule has 2 aromatic heterocycles. The number of aromatic nitrogens is 3. The summed E-state index contributed by atoms with van der Waals surface area (Å²) in [7, 11) is -3.85. The van der Waals surface area contributed by atoms with Gasteiger partial charge >= 0.3 is 0 Å². The molecule has 8 nitrogen and oxygen atoms in total. The van der Waals surface area contributed by atoms with Gasteiger partial charge in [-0.25, -0.2) is 28.1 Å². The van der Waals surface area contributed by atoms with Crippen LogP contribution in [0, 0.1) is 25.2 Å². The van der Waals surface area contributed by atoms with Gasteiger partial charge in [-0.15, -0.1) is 11.3 Å². The molecule has 2 heterocycles. The Hall–Kier alpha value is -3.59. The van der Waals surface area contributed by atoms with Crippen LogP contribution in [0.1, 0.15) is 16.4 Å². The third-order valence-corrected chi connectivity index (χ3v) is 7.50. The van der Waals surface area contributed by atoms with Gasteiger partial charge in [-0.3, -0.25) is 0 Å². The summed E-state index contributed by atoms with van der Waals surface area (Å²) in [5.41, 5.74) is 4.05. The Morgan fingerprint density at radius 3 is 2.31 bits per heavy atom. The highest BCUT2D eigenvalue weighted by Crippen LogP contribution is 2.27. The first kappa shape index (κ1) is 24.5. The zero-order valence-electron chi connectivity index (χ0n) is 18.7. The Kier molecular flexibility index (Phi) is 7.25. The van der Waals surface area contributed by atoms with Crippen molar-refractivity contribution in [3.63, 3.8) is 0 Å². The van der Waals surface area contributed by atoms with E-state index in [1.165, 1.54) is 23.5 Å². The number of thiazole rings is 1. The van der Waals surface area contributed by atoms with Gasteiger partial charge in [-0.2, -0.15) is 5.26 Å². The highest BCUT2D eigenvalue weighted by molar-refractivity contribution is 9.10. The Morgan fingerprint density at radius 1 is 1.03 bits per heavy atom. The molecule has 2 aromatic carbocycles. The quantitative estimate of drug-likeness (QED) is 0.273. The van der Waals surface area contributed by atoms with Crippen LogP contribution in [0.15, 0.2) is 75.5 Å². The molecule has 0 aliphatic heterocycles. The number of rotatable bonds is 7. The molecule has 0 spiro atoms. The number of halogens is 1. The fourth-order valence-corrected chi connectivity index (χ4v) is 5.13. The second-order valence-electron chi connectivity index (χ2n) is 7.46. The highest BCUT2D eigenvalue weighted by atomic mass is 79.9. The van der Waals surface area contributed by atoms with Crippen molar-refractivity contribution >= 4 is 54.5 Å². The maximum absolute atomic E-state index is 12.7. The molecule has 0 amide bonds. The van der Waals surface area contributed by atoms with Crippen LogP contribution >= 0.6 is 27.3 Å². The van der Waals surface area contributed by atoms with E-state index in [1.54, 1.807) is 38.2 Å². The van der Waals surface area contributed by atoms with Gasteiger partial charge in [0.25, 0.3) is 10.0 Å². The fourth-order valence-electron chi connectivity index (χ4n) is 3.13. The zero-order valence-corrected chi connectivity index (χ0v) is 21.9. The molecule has 35 heavy (non-hydrogen) atoms. The average Bonchev–Trinajstić information content (AvgIpc) is 3.29. The lowest BCUT2D eigenvalue weighted by molar-refractivity contribution is 0.601. The minimum Gasteiger partial charge on any atom is -0.360 e. The van der Waals surface area contributed by atoms with Crippen LogP contribution in [-0.2, 0) is 10.0 Å². The van der Waals surface area contributed by atoms with Crippen LogP contribution in [0.4, 0.5) is 11.6 Å². The van der Waals surface area contributed by atoms with Crippen molar-refractivity contribution in [3.05, 3.63) is 87.0 Å². The summed E-state index contributed by atoms with van der Waals surface area (Å²) in [6, 6.07) is 17.8. The van der Waals surface area contributed by atoms with E-state index >= 15 is 0 Å². The molecule has 2 N–H and O–H groups in total. The molecular weight excluding hydrogens is 548 g/mol. The van der Waals surface area contributed by atoms with E-state index in [4.69, 9.17) is 0 Å². The average molecular weight is 567 g/mol. The number of aryl methyl sites for hydroxylation is 2. The van der Waals surface area contributed by atoms with E-state index in [9.17, 15) is 13.7 Å². The van der Waals surface area contributed by atoms with Crippen LogP contribution < -0.4 is 10.0 Å². The number of hydrogen-bond donors (Lipinski definition) is 2. The van der Waals surface area contributed by atoms with Crippen LogP contribution in [0.2, 0.25) is 0 Å². The number of nitriles is 1. The third-order valence-electron chi connectivity index (χ3n) is 4.75. The molecule has 0 unspecified atom stereocenters. The number of allylic oxidation sites excluding steroid dienone is 1. The molecule has 0 atom stereocenters. The van der Waals surface area contributed by atoms with Gasteiger partial charge in [0.15, 0.2) is 0 Å². The van der Waals surface area contributed by atoms with E-state index in [2.05, 4.69) is 47.0 Å². The minimum atomic E-state index is -3.85. The molecule has 0 saturated heterocycles. The molecule has 4 rings (SSSR count). The van der Waals surface area contributed by atoms with Gasteiger partial charge in [0.1, 0.15) is 16.6 Å². The predicted octanol–water partition coefficient (Wildman–Crippen LogP) is 5.76. The molecule has 4 aromatic rings. The normalized spacial score (nSPS) is 11.7. The van der Waals surface area contributed by atoms with Gasteiger partial charge in [0.2, 0.25) is 5.95 Å². The molecule has 0 aliphatic rings. The van der Waals surface area contributed by atoms with Crippen molar-refractivity contribution in [2.75, 3.05) is 10.0 Å². The largest absolute Gasteiger partial charge is 0.360 e. The Labute approximate surface area is 215 Å². The van der Waals surface area contributed by atoms with Crippen molar-refractivity contribution in [1.82, 2.24) is 15.0 Å². The summed E-state index contributed by atoms with van der Waals surface area (Å²) < 4.78 is 28.8. The van der Waals surface area contributed by atoms with E-state index < -0.39 is 10.0 Å². The van der Waals surface area contributed by atoms with Crippen LogP contribution in [0.25, 0.3) is 16.8 Å². The summed E-state index contributed by atoms with van der Waals surface area (Å²) in [6.45, 7) is 3.53. The molecule has 0 aliphatic carbocycles. The maximum Gasteiger partial charge on any atom is 0.264 e. The van der Waals surface area contributed by atoms with E-state index in [-0.39, 0.29) is 10.8 Å². The van der Waals surface area contributed by atoms with Crippen molar-refractivity contribution in [3.8, 4) is 17.3 Å². The first-order valence-electron chi connectivity index (χ1n) is 10.3. The molecule has 176 valence electrons. The van der Waals surface area contributed by atoms with Crippen LogP contribution in [-0.4, -0.2) is 23.4 Å². The van der Waals surface area contributed by atoms with Crippen LogP contribution in [0.5, 0.6) is 0 Å². The smallest absolute Gasteiger partial charge is 0.264 e. The number of sulfonamides is 1. The lowest BCUT2D eigenvalue weighted by atomic mass is 10.2. The van der Waals surface area contributed by atoms with Crippen molar-refractivity contribution in [2.24, 2.45) is 0 Å². The number of hydrogen-bond acceptors (Lipinski definition) is 8. The fraction of sp³-hybridized carbons (Fsp3) is 0.0833. The number of anilines is 2. The second-order valence-corrected chi connectivity index (χ2v) is 10.9. The van der Waals surface area contributed by atoms with Gasteiger partial charge in [-0.05, 0) is 56.3 Å². The number of nitrogens with zero attached hydrogens (tertiary/aromatic N) is 4. The molecule has 0 saturated carbocycles. The van der Waals surface area contributed by atoms with E-state index in [0.29, 0.717) is 27.7 Å². The van der Waals surface area contributed by atoms with Crippen molar-refractivity contribution in [2.45, 2.75) is 18.7 Å². The van der Waals surface area contributed by atoms with E-state index in [0.717, 1.165) is 15.7 Å². The number of nitrogens with one attached hydrogen (secondary N) is 2. The molecule has 0 bridgehead atoms. The topological polar surface area (TPSA) is 121 Å². The first-order valence-corrected chi connectivity index (χ1v) is 13.4. The highest BCUT2D eigenvalue weighted by Gasteiger charge is 2.16. The van der Waals surface area contributed by atoms with Crippen molar-refractivity contribution in [1.29, 1.82) is 5.26 Å². The van der Waals surface area contributed by atoms with Gasteiger partial charge < -0.3 is 5.32 Å². The standard InChI is InChI=1S/C24H19BrN6O2S2/c1-15-11-16(2)29-24(28-15)31-35(32,33)21-9-7-20(8-10-21)27-13-18(12-26)23-30-22(14-34-23)17-3-5-19(25)6-4-17/h3-11,13-14,27H,1-2H3,(H,28,29,31). The molecule has 0 fully saturated rings. The Bertz CT molecular complexity index is 1520. The number of benzene rings is 2. The SMILES string of the molecule is Cc1cc(C)nc(NS(=O)(=O)c2ccc(NC=C(C#N)c3nc(-c4ccc(Br)cc4)cs3)cc2)n1. The maximum atomic E-state index is 12.7. The lowest BCUT2D eigenvalue weighted by Crippen LogP contribution is -2.15. The Morgan fingerprint density at radius 2 is 1.69 bits per heavy atom. The zero-order chi connectivity index (χ0) is 25.0. The third kappa shape index (κ3) is 6.10. The summed E-state index contributed by atoms with van der Waals surface area (Å²) >= 11 is 4.79. The monoisotopic (exact) mass is 566 g/mol. The van der Waals surface area contributed by atoms with Crippen LogP contribution in [0.3, 0.4) is 0 Å². The van der Waals surface area contributed by atoms with E-state index in [1.807, 2.05) is 29.6 Å². The summed E-state index contributed by atoms with van der Waals surface area (Å²) in [5, 5.41) is 15.1. The van der Waals surface area contributed by atoms with Gasteiger partial charge in [-0.1, -0.05) is 28.1 Å². The predicted molar refractivity (Wildman–Crippen MR) is 141 cm³/mol. The summed E-state index contributed by atoms with van der Waals surface area (Å²) in [4.78, 5) is 12.9. The first-order chi connectivity index (χ1) is 16.7. The second kappa shape index (κ2) is 10.4. The summed E-state index contributed by atoms with van der Waals surface area (Å²) in [6.07, 6.45) is 1.55. The lowest BCUT2D eigenvalue weighted by Gasteiger charge is -2.09.